The van der Waals surface area contributed by atoms with Gasteiger partial charge in [0.1, 0.15) is 8.80 Å². The van der Waals surface area contributed by atoms with Gasteiger partial charge in [0.2, 0.25) is 0 Å². The van der Waals surface area contributed by atoms with E-state index in [1.54, 1.807) is 10.4 Å². The molecule has 0 aromatic carbocycles. The van der Waals surface area contributed by atoms with E-state index < -0.39 is 0 Å². The van der Waals surface area contributed by atoms with E-state index >= 15 is 0 Å². The largest absolute Gasteiger partial charge is 0.111 e. The molecule has 0 nitrogen and oxygen atoms in total. The van der Waals surface area contributed by atoms with Gasteiger partial charge in [-0.05, 0) is 12.8 Å². The predicted octanol–water partition coefficient (Wildman–Crippen LogP) is 3.35. The van der Waals surface area contributed by atoms with E-state index in [-0.39, 0.29) is 8.80 Å². The van der Waals surface area contributed by atoms with Crippen LogP contribution in [-0.4, -0.2) is 8.80 Å². The van der Waals surface area contributed by atoms with Crippen molar-refractivity contribution in [1.29, 1.82) is 0 Å². The number of rotatable bonds is 3. The zero-order valence-corrected chi connectivity index (χ0v) is 9.09. The standard InChI is InChI=1S/C12H15Si/c1-2-13(11-7-3-4-8-11)12-9-5-6-10-12/h3-7,9H,2,8,10H2,1H3. The van der Waals surface area contributed by atoms with Gasteiger partial charge in [-0.3, -0.25) is 0 Å². The molecule has 0 aromatic rings. The molecule has 2 aliphatic carbocycles. The van der Waals surface area contributed by atoms with Crippen LogP contribution in [0.2, 0.25) is 6.04 Å². The zero-order valence-electron chi connectivity index (χ0n) is 8.09. The summed E-state index contributed by atoms with van der Waals surface area (Å²) in [5.74, 6) is 0. The van der Waals surface area contributed by atoms with E-state index in [1.807, 2.05) is 0 Å². The van der Waals surface area contributed by atoms with E-state index in [2.05, 4.69) is 43.4 Å². The van der Waals surface area contributed by atoms with E-state index in [1.165, 1.54) is 18.9 Å². The molecule has 0 saturated carbocycles. The summed E-state index contributed by atoms with van der Waals surface area (Å²) in [6.07, 6.45) is 16.0. The van der Waals surface area contributed by atoms with Gasteiger partial charge < -0.3 is 0 Å². The summed E-state index contributed by atoms with van der Waals surface area (Å²) in [5.41, 5.74) is 0. The molecule has 67 valence electrons. The minimum Gasteiger partial charge on any atom is -0.0809 e. The SMILES string of the molecule is CC[Si](C1=CC=CC1)C1=CC=CC1. The second kappa shape index (κ2) is 3.92. The molecule has 0 amide bonds. The van der Waals surface area contributed by atoms with Crippen molar-refractivity contribution in [3.63, 3.8) is 0 Å². The fraction of sp³-hybridized carbons (Fsp3) is 0.333. The molecule has 2 aliphatic rings. The summed E-state index contributed by atoms with van der Waals surface area (Å²) < 4.78 is 0. The Balaban J connectivity index is 2.09. The van der Waals surface area contributed by atoms with Crippen molar-refractivity contribution >= 4 is 8.80 Å². The van der Waals surface area contributed by atoms with Crippen LogP contribution in [0.4, 0.5) is 0 Å². The Kier molecular flexibility index (Phi) is 2.64. The van der Waals surface area contributed by atoms with Crippen LogP contribution in [-0.2, 0) is 0 Å². The van der Waals surface area contributed by atoms with Crippen molar-refractivity contribution in [2.24, 2.45) is 0 Å². The quantitative estimate of drug-likeness (QED) is 0.594. The summed E-state index contributed by atoms with van der Waals surface area (Å²) in [4.78, 5) is 0. The highest BCUT2D eigenvalue weighted by atomic mass is 28.3. The minimum atomic E-state index is -0.342. The maximum absolute atomic E-state index is 2.33. The third-order valence-electron chi connectivity index (χ3n) is 2.67. The Morgan fingerprint density at radius 2 is 1.62 bits per heavy atom. The molecule has 0 saturated heterocycles. The second-order valence-electron chi connectivity index (χ2n) is 3.48. The molecule has 0 aromatic heterocycles. The van der Waals surface area contributed by atoms with E-state index in [9.17, 15) is 0 Å². The Hall–Kier alpha value is -0.823. The molecule has 2 rings (SSSR count). The van der Waals surface area contributed by atoms with Crippen LogP contribution >= 0.6 is 0 Å². The van der Waals surface area contributed by atoms with Gasteiger partial charge in [0.25, 0.3) is 0 Å². The van der Waals surface area contributed by atoms with Crippen LogP contribution in [0.15, 0.2) is 46.8 Å². The first kappa shape index (κ1) is 8.76. The Labute approximate surface area is 82.0 Å². The molecular weight excluding hydrogens is 172 g/mol. The van der Waals surface area contributed by atoms with E-state index in [0.29, 0.717) is 0 Å². The van der Waals surface area contributed by atoms with Gasteiger partial charge in [-0.15, -0.1) is 0 Å². The molecule has 0 N–H and O–H groups in total. The smallest absolute Gasteiger partial charge is 0.0809 e. The van der Waals surface area contributed by atoms with Crippen molar-refractivity contribution in [2.45, 2.75) is 25.8 Å². The predicted molar refractivity (Wildman–Crippen MR) is 59.9 cm³/mol. The fourth-order valence-electron chi connectivity index (χ4n) is 2.00. The van der Waals surface area contributed by atoms with Crippen molar-refractivity contribution in [2.75, 3.05) is 0 Å². The Morgan fingerprint density at radius 3 is 1.92 bits per heavy atom. The number of allylic oxidation sites excluding steroid dienone is 8. The first-order chi connectivity index (χ1) is 6.42. The topological polar surface area (TPSA) is 0 Å². The van der Waals surface area contributed by atoms with Gasteiger partial charge in [0.15, 0.2) is 0 Å². The summed E-state index contributed by atoms with van der Waals surface area (Å²) in [5, 5.41) is 3.39. The molecule has 0 unspecified atom stereocenters. The maximum atomic E-state index is 2.33. The third-order valence-corrected chi connectivity index (χ3v) is 5.67. The van der Waals surface area contributed by atoms with Gasteiger partial charge >= 0.3 is 0 Å². The first-order valence-electron chi connectivity index (χ1n) is 4.99. The molecule has 13 heavy (non-hydrogen) atoms. The van der Waals surface area contributed by atoms with Gasteiger partial charge in [0.05, 0.1) is 0 Å². The lowest BCUT2D eigenvalue weighted by molar-refractivity contribution is 1.28. The summed E-state index contributed by atoms with van der Waals surface area (Å²) in [6.45, 7) is 2.33. The normalized spacial score (nSPS) is 19.8. The first-order valence-corrected chi connectivity index (χ1v) is 6.70. The monoisotopic (exact) mass is 187 g/mol. The lowest BCUT2D eigenvalue weighted by atomic mass is 10.5. The van der Waals surface area contributed by atoms with Crippen LogP contribution in [0.1, 0.15) is 19.8 Å². The van der Waals surface area contributed by atoms with Crippen molar-refractivity contribution in [3.8, 4) is 0 Å². The molecule has 1 heteroatoms. The van der Waals surface area contributed by atoms with E-state index in [0.717, 1.165) is 0 Å². The van der Waals surface area contributed by atoms with Crippen LogP contribution in [0.5, 0.6) is 0 Å². The molecular formula is C12H15Si. The summed E-state index contributed by atoms with van der Waals surface area (Å²) >= 11 is 0. The average molecular weight is 187 g/mol. The van der Waals surface area contributed by atoms with Crippen LogP contribution in [0.3, 0.4) is 0 Å². The lowest BCUT2D eigenvalue weighted by Gasteiger charge is -2.15. The molecule has 0 aliphatic heterocycles. The molecule has 1 radical (unpaired) electrons. The lowest BCUT2D eigenvalue weighted by Crippen LogP contribution is -2.17. The Morgan fingerprint density at radius 1 is 1.08 bits per heavy atom. The van der Waals surface area contributed by atoms with Gasteiger partial charge in [0, 0.05) is 0 Å². The molecule has 0 spiro atoms. The highest BCUT2D eigenvalue weighted by Crippen LogP contribution is 2.25. The van der Waals surface area contributed by atoms with Crippen LogP contribution in [0, 0.1) is 0 Å². The molecule has 0 heterocycles. The van der Waals surface area contributed by atoms with Gasteiger partial charge in [-0.1, -0.05) is 59.8 Å². The van der Waals surface area contributed by atoms with E-state index in [4.69, 9.17) is 0 Å². The van der Waals surface area contributed by atoms with Crippen molar-refractivity contribution in [3.05, 3.63) is 46.8 Å². The van der Waals surface area contributed by atoms with Crippen LogP contribution in [0.25, 0.3) is 0 Å². The highest BCUT2D eigenvalue weighted by Gasteiger charge is 2.19. The second-order valence-corrected chi connectivity index (χ2v) is 6.43. The molecule has 0 bridgehead atoms. The van der Waals surface area contributed by atoms with Gasteiger partial charge in [-0.25, -0.2) is 0 Å². The highest BCUT2D eigenvalue weighted by molar-refractivity contribution is 6.74. The molecule has 0 fully saturated rings. The third kappa shape index (κ3) is 1.75. The van der Waals surface area contributed by atoms with Crippen LogP contribution < -0.4 is 0 Å². The number of hydrogen-bond donors (Lipinski definition) is 0. The summed E-state index contributed by atoms with van der Waals surface area (Å²) in [6, 6.07) is 1.34. The zero-order chi connectivity index (χ0) is 9.10. The maximum Gasteiger partial charge on any atom is 0.111 e. The van der Waals surface area contributed by atoms with Crippen molar-refractivity contribution < 1.29 is 0 Å². The van der Waals surface area contributed by atoms with Gasteiger partial charge in [-0.2, -0.15) is 0 Å². The fourth-order valence-corrected chi connectivity index (χ4v) is 4.65. The summed E-state index contributed by atoms with van der Waals surface area (Å²) in [7, 11) is -0.342. The van der Waals surface area contributed by atoms with Crippen molar-refractivity contribution in [1.82, 2.24) is 0 Å². The minimum absolute atomic E-state index is 0.342. The average Bonchev–Trinajstić information content (AvgIpc) is 2.76. The number of hydrogen-bond acceptors (Lipinski definition) is 0. The Bertz CT molecular complexity index is 275. The molecule has 0 atom stereocenters.